The highest BCUT2D eigenvalue weighted by Crippen LogP contribution is 2.45. The zero-order valence-corrected chi connectivity index (χ0v) is 15.9. The van der Waals surface area contributed by atoms with Gasteiger partial charge in [0, 0.05) is 61.1 Å². The van der Waals surface area contributed by atoms with Gasteiger partial charge in [-0.15, -0.1) is 11.3 Å². The number of morpholine rings is 1. The highest BCUT2D eigenvalue weighted by atomic mass is 32.1. The summed E-state index contributed by atoms with van der Waals surface area (Å²) in [6.45, 7) is 9.44. The number of rotatable bonds is 3. The van der Waals surface area contributed by atoms with Gasteiger partial charge in [-0.25, -0.2) is 0 Å². The average molecular weight is 365 g/mol. The third kappa shape index (κ3) is 3.63. The van der Waals surface area contributed by atoms with Crippen LogP contribution in [0.2, 0.25) is 0 Å². The van der Waals surface area contributed by atoms with E-state index in [1.807, 2.05) is 16.2 Å². The molecular formula is C19H28N2O3S. The third-order valence-electron chi connectivity index (χ3n) is 6.00. The Morgan fingerprint density at radius 3 is 2.60 bits per heavy atom. The molecule has 138 valence electrons. The van der Waals surface area contributed by atoms with E-state index in [-0.39, 0.29) is 11.3 Å². The molecule has 3 saturated heterocycles. The largest absolute Gasteiger partial charge is 0.381 e. The standard InChI is InChI=1S/C19H28N2O3S/c1-15-2-3-16(25-15)12-20-13-17(18(22)21-6-10-24-11-7-21)19(14-20)4-8-23-9-5-19/h2-3,17H,4-14H2,1H3/t17-/m1/s1. The van der Waals surface area contributed by atoms with Crippen LogP contribution in [-0.2, 0) is 20.8 Å². The first kappa shape index (κ1) is 17.5. The first-order valence-corrected chi connectivity index (χ1v) is 10.2. The molecule has 4 rings (SSSR count). The number of carbonyl (C=O) groups is 1. The topological polar surface area (TPSA) is 42.0 Å². The number of amides is 1. The van der Waals surface area contributed by atoms with E-state index in [2.05, 4.69) is 24.0 Å². The number of likely N-dealkylation sites (tertiary alicyclic amines) is 1. The number of aryl methyl sites for hydroxylation is 1. The Bertz CT molecular complexity index is 606. The summed E-state index contributed by atoms with van der Waals surface area (Å²) in [6.07, 6.45) is 2.02. The summed E-state index contributed by atoms with van der Waals surface area (Å²) in [5.74, 6) is 0.450. The third-order valence-corrected chi connectivity index (χ3v) is 6.99. The monoisotopic (exact) mass is 364 g/mol. The van der Waals surface area contributed by atoms with Crippen molar-refractivity contribution in [1.29, 1.82) is 0 Å². The van der Waals surface area contributed by atoms with Gasteiger partial charge >= 0.3 is 0 Å². The van der Waals surface area contributed by atoms with Crippen LogP contribution < -0.4 is 0 Å². The number of thiophene rings is 1. The fourth-order valence-corrected chi connectivity index (χ4v) is 5.54. The molecule has 6 heteroatoms. The van der Waals surface area contributed by atoms with Crippen LogP contribution in [0.15, 0.2) is 12.1 Å². The summed E-state index contributed by atoms with van der Waals surface area (Å²) in [6, 6.07) is 4.42. The van der Waals surface area contributed by atoms with Crippen molar-refractivity contribution in [3.63, 3.8) is 0 Å². The molecule has 1 aromatic heterocycles. The molecule has 4 heterocycles. The van der Waals surface area contributed by atoms with Crippen molar-refractivity contribution in [2.45, 2.75) is 26.3 Å². The molecule has 5 nitrogen and oxygen atoms in total. The summed E-state index contributed by atoms with van der Waals surface area (Å²) in [4.78, 5) is 20.6. The molecule has 3 fully saturated rings. The van der Waals surface area contributed by atoms with E-state index >= 15 is 0 Å². The average Bonchev–Trinajstić information content (AvgIpc) is 3.19. The van der Waals surface area contributed by atoms with Crippen LogP contribution in [0, 0.1) is 18.3 Å². The van der Waals surface area contributed by atoms with Gasteiger partial charge in [0.25, 0.3) is 0 Å². The minimum Gasteiger partial charge on any atom is -0.381 e. The van der Waals surface area contributed by atoms with Crippen LogP contribution in [0.1, 0.15) is 22.6 Å². The first-order chi connectivity index (χ1) is 12.2. The summed E-state index contributed by atoms with van der Waals surface area (Å²) in [7, 11) is 0. The SMILES string of the molecule is Cc1ccc(CN2C[C@H](C(=O)N3CCOCC3)C3(CCOCC3)C2)s1. The molecule has 0 saturated carbocycles. The van der Waals surface area contributed by atoms with Gasteiger partial charge in [0.05, 0.1) is 19.1 Å². The second-order valence-electron chi connectivity index (χ2n) is 7.65. The van der Waals surface area contributed by atoms with Gasteiger partial charge in [0.2, 0.25) is 5.91 Å². The van der Waals surface area contributed by atoms with Crippen LogP contribution in [0.3, 0.4) is 0 Å². The van der Waals surface area contributed by atoms with E-state index in [0.29, 0.717) is 19.1 Å². The fraction of sp³-hybridized carbons (Fsp3) is 0.737. The Kier molecular flexibility index (Phi) is 5.13. The number of hydrogen-bond acceptors (Lipinski definition) is 5. The Hall–Kier alpha value is -0.950. The normalized spacial score (nSPS) is 27.1. The highest BCUT2D eigenvalue weighted by Gasteiger charge is 2.51. The van der Waals surface area contributed by atoms with Crippen molar-refractivity contribution >= 4 is 17.2 Å². The van der Waals surface area contributed by atoms with Crippen molar-refractivity contribution in [1.82, 2.24) is 9.80 Å². The van der Waals surface area contributed by atoms with E-state index in [1.165, 1.54) is 9.75 Å². The maximum atomic E-state index is 13.3. The van der Waals surface area contributed by atoms with Crippen molar-refractivity contribution in [3.8, 4) is 0 Å². The summed E-state index contributed by atoms with van der Waals surface area (Å²) in [5, 5.41) is 0. The second-order valence-corrected chi connectivity index (χ2v) is 9.02. The molecule has 0 aromatic carbocycles. The number of hydrogen-bond donors (Lipinski definition) is 0. The quantitative estimate of drug-likeness (QED) is 0.824. The highest BCUT2D eigenvalue weighted by molar-refractivity contribution is 7.11. The van der Waals surface area contributed by atoms with Gasteiger partial charge in [0.15, 0.2) is 0 Å². The van der Waals surface area contributed by atoms with Crippen molar-refractivity contribution in [2.24, 2.45) is 11.3 Å². The lowest BCUT2D eigenvalue weighted by atomic mass is 9.71. The Morgan fingerprint density at radius 2 is 1.92 bits per heavy atom. The lowest BCUT2D eigenvalue weighted by molar-refractivity contribution is -0.144. The van der Waals surface area contributed by atoms with Gasteiger partial charge in [-0.05, 0) is 31.9 Å². The van der Waals surface area contributed by atoms with Crippen LogP contribution in [0.25, 0.3) is 0 Å². The number of ether oxygens (including phenoxy) is 2. The van der Waals surface area contributed by atoms with Gasteiger partial charge < -0.3 is 14.4 Å². The lowest BCUT2D eigenvalue weighted by Crippen LogP contribution is -2.49. The molecule has 1 atom stereocenters. The second kappa shape index (κ2) is 7.35. The lowest BCUT2D eigenvalue weighted by Gasteiger charge is -2.40. The predicted octanol–water partition coefficient (Wildman–Crippen LogP) is 2.14. The van der Waals surface area contributed by atoms with Crippen LogP contribution >= 0.6 is 11.3 Å². The van der Waals surface area contributed by atoms with E-state index in [4.69, 9.17) is 9.47 Å². The van der Waals surface area contributed by atoms with Gasteiger partial charge in [0.1, 0.15) is 0 Å². The molecule has 0 N–H and O–H groups in total. The van der Waals surface area contributed by atoms with Crippen molar-refractivity contribution in [3.05, 3.63) is 21.9 Å². The van der Waals surface area contributed by atoms with Crippen molar-refractivity contribution in [2.75, 3.05) is 52.6 Å². The Labute approximate surface area is 153 Å². The molecule has 3 aliphatic rings. The molecule has 0 aliphatic carbocycles. The van der Waals surface area contributed by atoms with Gasteiger partial charge in [-0.3, -0.25) is 9.69 Å². The van der Waals surface area contributed by atoms with Crippen LogP contribution in [-0.4, -0.2) is 68.3 Å². The van der Waals surface area contributed by atoms with E-state index in [1.54, 1.807) is 0 Å². The van der Waals surface area contributed by atoms with Crippen LogP contribution in [0.4, 0.5) is 0 Å². The fourth-order valence-electron chi connectivity index (χ4n) is 4.61. The van der Waals surface area contributed by atoms with Gasteiger partial charge in [-0.1, -0.05) is 0 Å². The number of nitrogens with zero attached hydrogens (tertiary/aromatic N) is 2. The number of carbonyl (C=O) groups excluding carboxylic acids is 1. The zero-order chi connectivity index (χ0) is 17.3. The van der Waals surface area contributed by atoms with Gasteiger partial charge in [-0.2, -0.15) is 0 Å². The van der Waals surface area contributed by atoms with E-state index < -0.39 is 0 Å². The molecular weight excluding hydrogens is 336 g/mol. The zero-order valence-electron chi connectivity index (χ0n) is 15.0. The smallest absolute Gasteiger partial charge is 0.227 e. The predicted molar refractivity (Wildman–Crippen MR) is 97.7 cm³/mol. The molecule has 1 amide bonds. The minimum absolute atomic E-state index is 0.0972. The summed E-state index contributed by atoms with van der Waals surface area (Å²) >= 11 is 1.87. The van der Waals surface area contributed by atoms with E-state index in [9.17, 15) is 4.79 Å². The first-order valence-electron chi connectivity index (χ1n) is 9.38. The molecule has 0 unspecified atom stereocenters. The molecule has 0 radical (unpaired) electrons. The molecule has 1 aromatic rings. The maximum absolute atomic E-state index is 13.3. The Balaban J connectivity index is 1.51. The van der Waals surface area contributed by atoms with E-state index in [0.717, 1.165) is 58.8 Å². The molecule has 1 spiro atoms. The summed E-state index contributed by atoms with van der Waals surface area (Å²) in [5.41, 5.74) is 0.0972. The van der Waals surface area contributed by atoms with Crippen LogP contribution in [0.5, 0.6) is 0 Å². The summed E-state index contributed by atoms with van der Waals surface area (Å²) < 4.78 is 11.1. The molecule has 0 bridgehead atoms. The molecule has 3 aliphatic heterocycles. The minimum atomic E-state index is 0.0972. The molecule has 25 heavy (non-hydrogen) atoms. The maximum Gasteiger partial charge on any atom is 0.227 e. The Morgan fingerprint density at radius 1 is 1.20 bits per heavy atom. The van der Waals surface area contributed by atoms with Crippen molar-refractivity contribution < 1.29 is 14.3 Å².